The van der Waals surface area contributed by atoms with E-state index >= 15 is 0 Å². The highest BCUT2D eigenvalue weighted by Crippen LogP contribution is 2.05. The van der Waals surface area contributed by atoms with Gasteiger partial charge in [-0.3, -0.25) is 4.68 Å². The molecule has 19 heavy (non-hydrogen) atoms. The van der Waals surface area contributed by atoms with Crippen LogP contribution in [0.3, 0.4) is 0 Å². The molecule has 1 aromatic rings. The zero-order valence-corrected chi connectivity index (χ0v) is 13.1. The molecule has 1 aromatic heterocycles. The Morgan fingerprint density at radius 2 is 2.00 bits per heavy atom. The summed E-state index contributed by atoms with van der Waals surface area (Å²) in [7, 11) is -2.95. The lowest BCUT2D eigenvalue weighted by molar-refractivity contribution is 0.413. The van der Waals surface area contributed by atoms with E-state index in [2.05, 4.69) is 31.2 Å². The highest BCUT2D eigenvalue weighted by atomic mass is 32.2. The summed E-state index contributed by atoms with van der Waals surface area (Å²) in [5.41, 5.74) is 1.05. The molecule has 110 valence electrons. The second-order valence-electron chi connectivity index (χ2n) is 5.80. The second-order valence-corrected chi connectivity index (χ2v) is 8.10. The van der Waals surface area contributed by atoms with Gasteiger partial charge in [-0.1, -0.05) is 6.92 Å². The largest absolute Gasteiger partial charge is 0.306 e. The summed E-state index contributed by atoms with van der Waals surface area (Å²) < 4.78 is 25.2. The number of hydrogen-bond acceptors (Lipinski definition) is 4. The molecule has 6 heteroatoms. The SMILES string of the molecule is CCCS(=O)(=O)CCn1nccc1CNC(C)(C)C. The third-order valence-corrected chi connectivity index (χ3v) is 4.57. The molecule has 0 unspecified atom stereocenters. The van der Waals surface area contributed by atoms with E-state index < -0.39 is 9.84 Å². The smallest absolute Gasteiger partial charge is 0.152 e. The van der Waals surface area contributed by atoms with Crippen molar-refractivity contribution in [1.82, 2.24) is 15.1 Å². The van der Waals surface area contributed by atoms with Crippen LogP contribution in [0.5, 0.6) is 0 Å². The fourth-order valence-corrected chi connectivity index (χ4v) is 2.98. The molecule has 0 aliphatic heterocycles. The topological polar surface area (TPSA) is 64.0 Å². The van der Waals surface area contributed by atoms with Crippen LogP contribution in [0.2, 0.25) is 0 Å². The average Bonchev–Trinajstić information content (AvgIpc) is 2.70. The van der Waals surface area contributed by atoms with Crippen LogP contribution in [0, 0.1) is 0 Å². The summed E-state index contributed by atoms with van der Waals surface area (Å²) in [5.74, 6) is 0.412. The van der Waals surface area contributed by atoms with Crippen molar-refractivity contribution >= 4 is 9.84 Å². The molecule has 0 atom stereocenters. The van der Waals surface area contributed by atoms with Crippen LogP contribution in [0.4, 0.5) is 0 Å². The second kappa shape index (κ2) is 6.52. The number of nitrogens with zero attached hydrogens (tertiary/aromatic N) is 2. The summed E-state index contributed by atoms with van der Waals surface area (Å²) in [6.07, 6.45) is 2.38. The van der Waals surface area contributed by atoms with Gasteiger partial charge >= 0.3 is 0 Å². The molecular weight excluding hydrogens is 262 g/mol. The Balaban J connectivity index is 2.58. The first-order chi connectivity index (χ1) is 8.73. The standard InChI is InChI=1S/C13H25N3O2S/c1-5-9-19(17,18)10-8-16-12(6-7-15-16)11-14-13(2,3)4/h6-7,14H,5,8-11H2,1-4H3. The summed E-state index contributed by atoms with van der Waals surface area (Å²) in [6.45, 7) is 9.29. The van der Waals surface area contributed by atoms with Crippen molar-refractivity contribution in [1.29, 1.82) is 0 Å². The van der Waals surface area contributed by atoms with Crippen molar-refractivity contribution < 1.29 is 8.42 Å². The number of sulfone groups is 1. The molecule has 0 aliphatic carbocycles. The van der Waals surface area contributed by atoms with E-state index in [1.54, 1.807) is 10.9 Å². The molecule has 0 bridgehead atoms. The van der Waals surface area contributed by atoms with Crippen molar-refractivity contribution in [3.63, 3.8) is 0 Å². The van der Waals surface area contributed by atoms with Gasteiger partial charge in [0.05, 0.1) is 18.0 Å². The predicted molar refractivity (Wildman–Crippen MR) is 77.8 cm³/mol. The van der Waals surface area contributed by atoms with Gasteiger partial charge in [0.2, 0.25) is 0 Å². The Kier molecular flexibility index (Phi) is 5.55. The van der Waals surface area contributed by atoms with E-state index in [9.17, 15) is 8.42 Å². The van der Waals surface area contributed by atoms with Gasteiger partial charge in [0.15, 0.2) is 9.84 Å². The number of aryl methyl sites for hydroxylation is 1. The first-order valence-electron chi connectivity index (χ1n) is 6.69. The van der Waals surface area contributed by atoms with E-state index in [4.69, 9.17) is 0 Å². The van der Waals surface area contributed by atoms with E-state index in [0.29, 0.717) is 19.5 Å². The van der Waals surface area contributed by atoms with E-state index in [-0.39, 0.29) is 17.0 Å². The molecule has 1 heterocycles. The van der Waals surface area contributed by atoms with Crippen LogP contribution in [0.25, 0.3) is 0 Å². The van der Waals surface area contributed by atoms with Gasteiger partial charge in [-0.05, 0) is 33.3 Å². The molecule has 1 N–H and O–H groups in total. The van der Waals surface area contributed by atoms with Gasteiger partial charge in [0.25, 0.3) is 0 Å². The minimum Gasteiger partial charge on any atom is -0.306 e. The van der Waals surface area contributed by atoms with E-state index in [1.165, 1.54) is 0 Å². The van der Waals surface area contributed by atoms with Crippen LogP contribution in [-0.4, -0.2) is 35.2 Å². The molecule has 0 saturated heterocycles. The van der Waals surface area contributed by atoms with Gasteiger partial charge in [-0.25, -0.2) is 8.42 Å². The Labute approximate surface area is 116 Å². The zero-order valence-electron chi connectivity index (χ0n) is 12.3. The van der Waals surface area contributed by atoms with Crippen molar-refractivity contribution in [2.24, 2.45) is 0 Å². The fourth-order valence-electron chi connectivity index (χ4n) is 1.71. The fraction of sp³-hybridized carbons (Fsp3) is 0.769. The minimum absolute atomic E-state index is 0.0311. The van der Waals surface area contributed by atoms with E-state index in [0.717, 1.165) is 5.69 Å². The molecule has 0 aliphatic rings. The van der Waals surface area contributed by atoms with Crippen LogP contribution >= 0.6 is 0 Å². The monoisotopic (exact) mass is 287 g/mol. The van der Waals surface area contributed by atoms with Crippen molar-refractivity contribution in [3.8, 4) is 0 Å². The van der Waals surface area contributed by atoms with Crippen molar-refractivity contribution in [3.05, 3.63) is 18.0 Å². The van der Waals surface area contributed by atoms with Crippen LogP contribution < -0.4 is 5.32 Å². The van der Waals surface area contributed by atoms with Gasteiger partial charge < -0.3 is 5.32 Å². The minimum atomic E-state index is -2.95. The molecule has 1 rings (SSSR count). The van der Waals surface area contributed by atoms with Crippen LogP contribution in [-0.2, 0) is 22.9 Å². The number of hydrogen-bond donors (Lipinski definition) is 1. The van der Waals surface area contributed by atoms with Crippen molar-refractivity contribution in [2.75, 3.05) is 11.5 Å². The summed E-state index contributed by atoms with van der Waals surface area (Å²) in [4.78, 5) is 0. The summed E-state index contributed by atoms with van der Waals surface area (Å²) in [5, 5.41) is 7.57. The molecule has 0 fully saturated rings. The quantitative estimate of drug-likeness (QED) is 0.827. The Morgan fingerprint density at radius 3 is 2.58 bits per heavy atom. The lowest BCUT2D eigenvalue weighted by Gasteiger charge is -2.20. The number of nitrogens with one attached hydrogen (secondary N) is 1. The normalized spacial score (nSPS) is 12.8. The zero-order chi connectivity index (χ0) is 14.5. The number of aromatic nitrogens is 2. The Hall–Kier alpha value is -0.880. The maximum atomic E-state index is 11.7. The Bertz CT molecular complexity index is 486. The Morgan fingerprint density at radius 1 is 1.32 bits per heavy atom. The molecule has 0 spiro atoms. The van der Waals surface area contributed by atoms with Crippen LogP contribution in [0.15, 0.2) is 12.3 Å². The molecule has 0 radical (unpaired) electrons. The molecule has 0 aromatic carbocycles. The van der Waals surface area contributed by atoms with Crippen LogP contribution in [0.1, 0.15) is 39.8 Å². The molecule has 5 nitrogen and oxygen atoms in total. The first kappa shape index (κ1) is 16.2. The molecule has 0 amide bonds. The highest BCUT2D eigenvalue weighted by Gasteiger charge is 2.13. The lowest BCUT2D eigenvalue weighted by atomic mass is 10.1. The maximum Gasteiger partial charge on any atom is 0.152 e. The third kappa shape index (κ3) is 6.20. The first-order valence-corrected chi connectivity index (χ1v) is 8.52. The summed E-state index contributed by atoms with van der Waals surface area (Å²) >= 11 is 0. The lowest BCUT2D eigenvalue weighted by Crippen LogP contribution is -2.35. The maximum absolute atomic E-state index is 11.7. The molecule has 0 saturated carbocycles. The van der Waals surface area contributed by atoms with E-state index in [1.807, 2.05) is 13.0 Å². The summed E-state index contributed by atoms with van der Waals surface area (Å²) in [6, 6.07) is 1.92. The van der Waals surface area contributed by atoms with Gasteiger partial charge in [-0.15, -0.1) is 0 Å². The third-order valence-electron chi connectivity index (χ3n) is 2.73. The van der Waals surface area contributed by atoms with Gasteiger partial charge in [0, 0.05) is 24.0 Å². The molecular formula is C13H25N3O2S. The highest BCUT2D eigenvalue weighted by molar-refractivity contribution is 7.91. The predicted octanol–water partition coefficient (Wildman–Crippen LogP) is 1.60. The average molecular weight is 287 g/mol. The van der Waals surface area contributed by atoms with Gasteiger partial charge in [-0.2, -0.15) is 5.10 Å². The van der Waals surface area contributed by atoms with Gasteiger partial charge in [0.1, 0.15) is 0 Å². The number of rotatable bonds is 7. The van der Waals surface area contributed by atoms with Crippen molar-refractivity contribution in [2.45, 2.75) is 52.7 Å².